The fourth-order valence-corrected chi connectivity index (χ4v) is 2.21. The quantitative estimate of drug-likeness (QED) is 0.845. The molecule has 0 aliphatic carbocycles. The molecule has 1 aliphatic heterocycles. The van der Waals surface area contributed by atoms with E-state index in [4.69, 9.17) is 11.3 Å². The summed E-state index contributed by atoms with van der Waals surface area (Å²) in [5, 5.41) is 3.05. The molecule has 2 rings (SSSR count). The van der Waals surface area contributed by atoms with Crippen LogP contribution in [0.5, 0.6) is 0 Å². The molecule has 1 aromatic carbocycles. The lowest BCUT2D eigenvalue weighted by molar-refractivity contribution is 0.0696. The fourth-order valence-electron chi connectivity index (χ4n) is 2.21. The highest BCUT2D eigenvalue weighted by atomic mass is 16.5. The minimum absolute atomic E-state index is 0.0452. The van der Waals surface area contributed by atoms with Gasteiger partial charge in [0.25, 0.3) is 5.91 Å². The van der Waals surface area contributed by atoms with Gasteiger partial charge in [0, 0.05) is 30.4 Å². The van der Waals surface area contributed by atoms with Crippen LogP contribution in [0.2, 0.25) is 0 Å². The van der Waals surface area contributed by atoms with Gasteiger partial charge in [-0.25, -0.2) is 6.57 Å². The Bertz CT molecular complexity index is 499. The number of rotatable bonds is 3. The topological polar surface area (TPSA) is 42.7 Å². The van der Waals surface area contributed by atoms with Crippen LogP contribution in [0, 0.1) is 13.5 Å². The van der Waals surface area contributed by atoms with Gasteiger partial charge in [0.15, 0.2) is 0 Å². The molecule has 0 spiro atoms. The smallest absolute Gasteiger partial charge is 0.251 e. The van der Waals surface area contributed by atoms with Crippen LogP contribution < -0.4 is 5.32 Å². The third-order valence-electron chi connectivity index (χ3n) is 3.36. The third-order valence-corrected chi connectivity index (χ3v) is 3.36. The number of carbonyl (C=O) groups excluding carboxylic acids is 1. The Morgan fingerprint density at radius 2 is 2.21 bits per heavy atom. The van der Waals surface area contributed by atoms with Crippen molar-refractivity contribution in [2.45, 2.75) is 32.4 Å². The molecule has 0 saturated carbocycles. The summed E-state index contributed by atoms with van der Waals surface area (Å²) < 4.78 is 5.28. The average molecular weight is 258 g/mol. The van der Waals surface area contributed by atoms with Crippen molar-refractivity contribution < 1.29 is 9.53 Å². The molecule has 4 heteroatoms. The highest BCUT2D eigenvalue weighted by Gasteiger charge is 2.18. The third kappa shape index (κ3) is 3.55. The maximum Gasteiger partial charge on any atom is 0.251 e. The van der Waals surface area contributed by atoms with Crippen molar-refractivity contribution in [3.05, 3.63) is 46.3 Å². The number of nitrogens with zero attached hydrogens (tertiary/aromatic N) is 1. The summed E-state index contributed by atoms with van der Waals surface area (Å²) in [7, 11) is 0. The van der Waals surface area contributed by atoms with E-state index in [0.717, 1.165) is 24.0 Å². The molecule has 0 aromatic heterocycles. The number of amides is 1. The van der Waals surface area contributed by atoms with Crippen LogP contribution in [-0.2, 0) is 11.3 Å². The number of benzene rings is 1. The largest absolute Gasteiger partial charge is 0.381 e. The highest BCUT2D eigenvalue weighted by molar-refractivity contribution is 5.96. The first-order chi connectivity index (χ1) is 9.20. The maximum absolute atomic E-state index is 12.3. The average Bonchev–Trinajstić information content (AvgIpc) is 2.42. The second-order valence-corrected chi connectivity index (χ2v) is 4.83. The zero-order valence-electron chi connectivity index (χ0n) is 11.1. The van der Waals surface area contributed by atoms with Crippen LogP contribution in [0.25, 0.3) is 4.85 Å². The van der Waals surface area contributed by atoms with Gasteiger partial charge in [0.2, 0.25) is 6.54 Å². The number of nitrogens with one attached hydrogen (secondary N) is 1. The lowest BCUT2D eigenvalue weighted by atomic mass is 10.0. The Morgan fingerprint density at radius 1 is 1.47 bits per heavy atom. The standard InChI is InChI=1S/C15H18N2O2/c1-11-3-4-12(10-16-2)9-14(11)15(18)17-13-5-7-19-8-6-13/h3-4,9,13H,5-8,10H2,1H3,(H,17,18). The van der Waals surface area contributed by atoms with Crippen LogP contribution in [0.15, 0.2) is 18.2 Å². The number of hydrogen-bond donors (Lipinski definition) is 1. The van der Waals surface area contributed by atoms with Crippen LogP contribution >= 0.6 is 0 Å². The van der Waals surface area contributed by atoms with Gasteiger partial charge in [-0.3, -0.25) is 4.79 Å². The second-order valence-electron chi connectivity index (χ2n) is 4.83. The van der Waals surface area contributed by atoms with E-state index < -0.39 is 0 Å². The molecule has 0 bridgehead atoms. The van der Waals surface area contributed by atoms with Gasteiger partial charge in [-0.15, -0.1) is 0 Å². The second kappa shape index (κ2) is 6.35. The SMILES string of the molecule is [C-]#[N+]Cc1ccc(C)c(C(=O)NC2CCOCC2)c1. The van der Waals surface area contributed by atoms with Gasteiger partial charge < -0.3 is 14.9 Å². The molecule has 1 fully saturated rings. The predicted octanol–water partition coefficient (Wildman–Crippen LogP) is 2.32. The molecule has 0 radical (unpaired) electrons. The molecule has 100 valence electrons. The molecule has 1 aromatic rings. The molecule has 1 saturated heterocycles. The van der Waals surface area contributed by atoms with Gasteiger partial charge in [0.1, 0.15) is 0 Å². The molecule has 0 unspecified atom stereocenters. The first-order valence-electron chi connectivity index (χ1n) is 6.52. The van der Waals surface area contributed by atoms with Crippen LogP contribution in [0.1, 0.15) is 34.3 Å². The van der Waals surface area contributed by atoms with Gasteiger partial charge in [-0.1, -0.05) is 12.1 Å². The van der Waals surface area contributed by atoms with Crippen molar-refractivity contribution in [3.63, 3.8) is 0 Å². The molecule has 1 amide bonds. The Balaban J connectivity index is 2.09. The van der Waals surface area contributed by atoms with Gasteiger partial charge >= 0.3 is 0 Å². The van der Waals surface area contributed by atoms with Crippen molar-refractivity contribution in [1.82, 2.24) is 5.32 Å². The van der Waals surface area contributed by atoms with E-state index >= 15 is 0 Å². The zero-order valence-corrected chi connectivity index (χ0v) is 11.1. The maximum atomic E-state index is 12.3. The van der Waals surface area contributed by atoms with Gasteiger partial charge in [-0.2, -0.15) is 0 Å². The lowest BCUT2D eigenvalue weighted by Crippen LogP contribution is -2.39. The van der Waals surface area contributed by atoms with Crippen LogP contribution in [-0.4, -0.2) is 25.2 Å². The summed E-state index contributed by atoms with van der Waals surface area (Å²) in [6, 6.07) is 5.82. The van der Waals surface area contributed by atoms with E-state index in [1.807, 2.05) is 25.1 Å². The molecule has 1 heterocycles. The number of ether oxygens (including phenoxy) is 1. The summed E-state index contributed by atoms with van der Waals surface area (Å²) in [5.41, 5.74) is 2.50. The van der Waals surface area contributed by atoms with Crippen LogP contribution in [0.3, 0.4) is 0 Å². The summed E-state index contributed by atoms with van der Waals surface area (Å²) in [5.74, 6) is -0.0452. The number of aryl methyl sites for hydroxylation is 1. The van der Waals surface area contributed by atoms with Crippen molar-refractivity contribution in [2.24, 2.45) is 0 Å². The first-order valence-corrected chi connectivity index (χ1v) is 6.52. The zero-order chi connectivity index (χ0) is 13.7. The van der Waals surface area contributed by atoms with E-state index in [-0.39, 0.29) is 11.9 Å². The summed E-state index contributed by atoms with van der Waals surface area (Å²) in [6.07, 6.45) is 1.74. The van der Waals surface area contributed by atoms with E-state index in [2.05, 4.69) is 10.2 Å². The van der Waals surface area contributed by atoms with E-state index in [1.54, 1.807) is 0 Å². The summed E-state index contributed by atoms with van der Waals surface area (Å²) in [6.45, 7) is 10.5. The number of hydrogen-bond acceptors (Lipinski definition) is 2. The summed E-state index contributed by atoms with van der Waals surface area (Å²) >= 11 is 0. The predicted molar refractivity (Wildman–Crippen MR) is 72.8 cm³/mol. The van der Waals surface area contributed by atoms with Crippen LogP contribution in [0.4, 0.5) is 0 Å². The highest BCUT2D eigenvalue weighted by Crippen LogP contribution is 2.14. The van der Waals surface area contributed by atoms with Crippen molar-refractivity contribution in [1.29, 1.82) is 0 Å². The monoisotopic (exact) mass is 258 g/mol. The summed E-state index contributed by atoms with van der Waals surface area (Å²) in [4.78, 5) is 15.6. The molecule has 0 atom stereocenters. The Hall–Kier alpha value is -1.86. The Morgan fingerprint density at radius 3 is 2.89 bits per heavy atom. The van der Waals surface area contributed by atoms with Crippen molar-refractivity contribution in [3.8, 4) is 0 Å². The molecule has 4 nitrogen and oxygen atoms in total. The van der Waals surface area contributed by atoms with Crippen molar-refractivity contribution in [2.75, 3.05) is 13.2 Å². The van der Waals surface area contributed by atoms with E-state index in [0.29, 0.717) is 25.3 Å². The van der Waals surface area contributed by atoms with E-state index in [9.17, 15) is 4.79 Å². The normalized spacial score (nSPS) is 15.8. The fraction of sp³-hybridized carbons (Fsp3) is 0.467. The van der Waals surface area contributed by atoms with E-state index in [1.165, 1.54) is 0 Å². The minimum atomic E-state index is -0.0452. The number of carbonyl (C=O) groups is 1. The minimum Gasteiger partial charge on any atom is -0.381 e. The Kier molecular flexibility index (Phi) is 4.53. The first kappa shape index (κ1) is 13.6. The molecule has 1 aliphatic rings. The molecular formula is C15H18N2O2. The molecule has 19 heavy (non-hydrogen) atoms. The van der Waals surface area contributed by atoms with Gasteiger partial charge in [0.05, 0.1) is 0 Å². The Labute approximate surface area is 113 Å². The van der Waals surface area contributed by atoms with Gasteiger partial charge in [-0.05, 0) is 31.4 Å². The lowest BCUT2D eigenvalue weighted by Gasteiger charge is -2.23. The van der Waals surface area contributed by atoms with Crippen molar-refractivity contribution >= 4 is 5.91 Å². The molecular weight excluding hydrogens is 240 g/mol. The molecule has 1 N–H and O–H groups in total.